The Bertz CT molecular complexity index is 369. The summed E-state index contributed by atoms with van der Waals surface area (Å²) in [6.45, 7) is 1.49. The van der Waals surface area contributed by atoms with E-state index in [2.05, 4.69) is 5.32 Å². The van der Waals surface area contributed by atoms with Crippen LogP contribution in [-0.4, -0.2) is 32.6 Å². The molecule has 1 aromatic rings. The van der Waals surface area contributed by atoms with Crippen LogP contribution in [0.1, 0.15) is 10.4 Å². The van der Waals surface area contributed by atoms with Crippen molar-refractivity contribution in [3.8, 4) is 0 Å². The first kappa shape index (κ1) is 13.0. The number of hydrogen-bond acceptors (Lipinski definition) is 4. The van der Waals surface area contributed by atoms with E-state index in [0.717, 1.165) is 0 Å². The molecule has 88 valence electrons. The monoisotopic (exact) mass is 242 g/mol. The number of hydrogen-bond donors (Lipinski definition) is 2. The summed E-state index contributed by atoms with van der Waals surface area (Å²) in [5.74, 6) is -0.0144. The summed E-state index contributed by atoms with van der Waals surface area (Å²) in [7, 11) is 1.61. The highest BCUT2D eigenvalue weighted by Gasteiger charge is 2.06. The van der Waals surface area contributed by atoms with Crippen LogP contribution in [0.25, 0.3) is 0 Å². The SMILES string of the molecule is COCCNCC(=O)c1ccc(Cl)c(N)c1. The smallest absolute Gasteiger partial charge is 0.176 e. The van der Waals surface area contributed by atoms with Gasteiger partial charge >= 0.3 is 0 Å². The molecule has 0 aromatic heterocycles. The Morgan fingerprint density at radius 3 is 2.94 bits per heavy atom. The van der Waals surface area contributed by atoms with Gasteiger partial charge in [-0.25, -0.2) is 0 Å². The second-order valence-electron chi connectivity index (χ2n) is 3.33. The molecule has 5 heteroatoms. The first-order valence-corrected chi connectivity index (χ1v) is 5.31. The molecular weight excluding hydrogens is 228 g/mol. The third kappa shape index (κ3) is 3.81. The third-order valence-electron chi connectivity index (χ3n) is 2.09. The second-order valence-corrected chi connectivity index (χ2v) is 3.74. The van der Waals surface area contributed by atoms with Crippen LogP contribution in [0.5, 0.6) is 0 Å². The summed E-state index contributed by atoms with van der Waals surface area (Å²) in [5.41, 5.74) is 6.59. The van der Waals surface area contributed by atoms with Gasteiger partial charge in [-0.05, 0) is 18.2 Å². The first-order valence-electron chi connectivity index (χ1n) is 4.93. The van der Waals surface area contributed by atoms with Crippen molar-refractivity contribution in [3.63, 3.8) is 0 Å². The number of Topliss-reactive ketones (excluding diaryl/α,β-unsaturated/α-hetero) is 1. The molecule has 0 spiro atoms. The van der Waals surface area contributed by atoms with E-state index < -0.39 is 0 Å². The minimum atomic E-state index is -0.0144. The number of nitrogens with one attached hydrogen (secondary N) is 1. The van der Waals surface area contributed by atoms with Gasteiger partial charge in [0, 0.05) is 19.2 Å². The summed E-state index contributed by atoms with van der Waals surface area (Å²) in [4.78, 5) is 11.7. The molecule has 0 saturated carbocycles. The molecule has 0 fully saturated rings. The van der Waals surface area contributed by atoms with Crippen molar-refractivity contribution in [2.45, 2.75) is 0 Å². The first-order chi connectivity index (χ1) is 7.65. The summed E-state index contributed by atoms with van der Waals surface area (Å²) >= 11 is 5.76. The van der Waals surface area contributed by atoms with E-state index in [4.69, 9.17) is 22.1 Å². The Kier molecular flexibility index (Phi) is 5.25. The molecule has 4 nitrogen and oxygen atoms in total. The molecule has 0 saturated heterocycles. The van der Waals surface area contributed by atoms with Crippen molar-refractivity contribution in [1.29, 1.82) is 0 Å². The van der Waals surface area contributed by atoms with Crippen LogP contribution < -0.4 is 11.1 Å². The van der Waals surface area contributed by atoms with Crippen LogP contribution in [0.3, 0.4) is 0 Å². The molecule has 16 heavy (non-hydrogen) atoms. The summed E-state index contributed by atoms with van der Waals surface area (Å²) in [6.07, 6.45) is 0. The van der Waals surface area contributed by atoms with Gasteiger partial charge in [-0.3, -0.25) is 4.79 Å². The van der Waals surface area contributed by atoms with E-state index >= 15 is 0 Å². The number of ether oxygens (including phenoxy) is 1. The summed E-state index contributed by atoms with van der Waals surface area (Å²) in [6, 6.07) is 4.88. The number of rotatable bonds is 6. The predicted molar refractivity (Wildman–Crippen MR) is 64.9 cm³/mol. The molecule has 0 atom stereocenters. The maximum atomic E-state index is 11.7. The Balaban J connectivity index is 2.50. The fraction of sp³-hybridized carbons (Fsp3) is 0.364. The van der Waals surface area contributed by atoms with Crippen LogP contribution in [0, 0.1) is 0 Å². The van der Waals surface area contributed by atoms with Crippen LogP contribution in [0.4, 0.5) is 5.69 Å². The van der Waals surface area contributed by atoms with Crippen LogP contribution in [0.2, 0.25) is 5.02 Å². The summed E-state index contributed by atoms with van der Waals surface area (Å²) in [5, 5.41) is 3.43. The minimum absolute atomic E-state index is 0.0144. The van der Waals surface area contributed by atoms with E-state index in [-0.39, 0.29) is 12.3 Å². The Morgan fingerprint density at radius 1 is 1.56 bits per heavy atom. The van der Waals surface area contributed by atoms with Crippen molar-refractivity contribution in [3.05, 3.63) is 28.8 Å². The molecule has 0 aliphatic rings. The number of nitrogen functional groups attached to an aromatic ring is 1. The maximum absolute atomic E-state index is 11.7. The number of carbonyl (C=O) groups is 1. The molecule has 0 heterocycles. The number of halogens is 1. The summed E-state index contributed by atoms with van der Waals surface area (Å²) < 4.78 is 4.85. The zero-order valence-electron chi connectivity index (χ0n) is 9.13. The lowest BCUT2D eigenvalue weighted by molar-refractivity contribution is 0.0987. The zero-order valence-corrected chi connectivity index (χ0v) is 9.88. The van der Waals surface area contributed by atoms with E-state index in [0.29, 0.717) is 29.4 Å². The average Bonchev–Trinajstić information content (AvgIpc) is 2.28. The molecule has 0 radical (unpaired) electrons. The predicted octanol–water partition coefficient (Wildman–Crippen LogP) is 1.34. The topological polar surface area (TPSA) is 64.3 Å². The van der Waals surface area contributed by atoms with Gasteiger partial charge in [0.05, 0.1) is 23.9 Å². The standard InChI is InChI=1S/C11H15ClN2O2/c1-16-5-4-14-7-11(15)8-2-3-9(12)10(13)6-8/h2-3,6,14H,4-5,7,13H2,1H3. The largest absolute Gasteiger partial charge is 0.398 e. The van der Waals surface area contributed by atoms with Gasteiger partial charge in [0.15, 0.2) is 5.78 Å². The Labute approximate surface area is 99.7 Å². The highest BCUT2D eigenvalue weighted by atomic mass is 35.5. The van der Waals surface area contributed by atoms with Crippen molar-refractivity contribution in [2.24, 2.45) is 0 Å². The zero-order chi connectivity index (χ0) is 12.0. The van der Waals surface area contributed by atoms with E-state index in [1.807, 2.05) is 0 Å². The van der Waals surface area contributed by atoms with Crippen molar-refractivity contribution < 1.29 is 9.53 Å². The number of ketones is 1. The normalized spacial score (nSPS) is 10.4. The molecular formula is C11H15ClN2O2. The van der Waals surface area contributed by atoms with Crippen LogP contribution >= 0.6 is 11.6 Å². The van der Waals surface area contributed by atoms with E-state index in [9.17, 15) is 4.79 Å². The number of carbonyl (C=O) groups excluding carboxylic acids is 1. The average molecular weight is 243 g/mol. The van der Waals surface area contributed by atoms with Gasteiger partial charge in [-0.15, -0.1) is 0 Å². The number of methoxy groups -OCH3 is 1. The van der Waals surface area contributed by atoms with Crippen LogP contribution in [0.15, 0.2) is 18.2 Å². The van der Waals surface area contributed by atoms with E-state index in [1.54, 1.807) is 25.3 Å². The highest BCUT2D eigenvalue weighted by molar-refractivity contribution is 6.33. The molecule has 0 unspecified atom stereocenters. The maximum Gasteiger partial charge on any atom is 0.176 e. The van der Waals surface area contributed by atoms with Gasteiger partial charge in [-0.2, -0.15) is 0 Å². The Hall–Kier alpha value is -1.10. The molecule has 0 aliphatic carbocycles. The van der Waals surface area contributed by atoms with Gasteiger partial charge in [0.1, 0.15) is 0 Å². The quantitative estimate of drug-likeness (QED) is 0.449. The molecule has 3 N–H and O–H groups in total. The highest BCUT2D eigenvalue weighted by Crippen LogP contribution is 2.19. The lowest BCUT2D eigenvalue weighted by Crippen LogP contribution is -2.26. The van der Waals surface area contributed by atoms with Gasteiger partial charge in [0.25, 0.3) is 0 Å². The lowest BCUT2D eigenvalue weighted by atomic mass is 10.1. The Morgan fingerprint density at radius 2 is 2.31 bits per heavy atom. The van der Waals surface area contributed by atoms with E-state index in [1.165, 1.54) is 0 Å². The minimum Gasteiger partial charge on any atom is -0.398 e. The van der Waals surface area contributed by atoms with Crippen molar-refractivity contribution in [2.75, 3.05) is 32.5 Å². The fourth-order valence-electron chi connectivity index (χ4n) is 1.20. The lowest BCUT2D eigenvalue weighted by Gasteiger charge is -2.05. The molecule has 0 bridgehead atoms. The second kappa shape index (κ2) is 6.48. The third-order valence-corrected chi connectivity index (χ3v) is 2.43. The molecule has 0 aliphatic heterocycles. The number of nitrogens with two attached hydrogens (primary N) is 1. The number of benzene rings is 1. The van der Waals surface area contributed by atoms with Crippen molar-refractivity contribution in [1.82, 2.24) is 5.32 Å². The van der Waals surface area contributed by atoms with Gasteiger partial charge in [0.2, 0.25) is 0 Å². The van der Waals surface area contributed by atoms with Gasteiger partial charge in [-0.1, -0.05) is 11.6 Å². The number of anilines is 1. The van der Waals surface area contributed by atoms with Crippen LogP contribution in [-0.2, 0) is 4.74 Å². The fourth-order valence-corrected chi connectivity index (χ4v) is 1.31. The molecule has 1 rings (SSSR count). The molecule has 1 aromatic carbocycles. The van der Waals surface area contributed by atoms with Gasteiger partial charge < -0.3 is 15.8 Å². The van der Waals surface area contributed by atoms with Crippen molar-refractivity contribution >= 4 is 23.1 Å². The molecule has 0 amide bonds.